The van der Waals surface area contributed by atoms with Gasteiger partial charge in [0.2, 0.25) is 0 Å². The first-order chi connectivity index (χ1) is 11.3. The molecule has 0 heterocycles. The molecule has 0 saturated heterocycles. The van der Waals surface area contributed by atoms with Crippen molar-refractivity contribution in [3.63, 3.8) is 0 Å². The average Bonchev–Trinajstić information content (AvgIpc) is 2.52. The Morgan fingerprint density at radius 1 is 1.00 bits per heavy atom. The van der Waals surface area contributed by atoms with Crippen molar-refractivity contribution in [2.75, 3.05) is 0 Å². The number of ether oxygens (including phenoxy) is 1. The molecule has 2 atom stereocenters. The Morgan fingerprint density at radius 2 is 1.58 bits per heavy atom. The number of carbonyl (C=O) groups excluding carboxylic acids is 1. The van der Waals surface area contributed by atoms with Crippen molar-refractivity contribution < 1.29 is 13.9 Å². The van der Waals surface area contributed by atoms with E-state index in [-0.39, 0.29) is 17.8 Å². The number of aryl methyl sites for hydroxylation is 3. The molecule has 2 unspecified atom stereocenters. The summed E-state index contributed by atoms with van der Waals surface area (Å²) in [5, 5.41) is 2.98. The van der Waals surface area contributed by atoms with Gasteiger partial charge in [-0.3, -0.25) is 4.79 Å². The largest absolute Gasteiger partial charge is 0.481 e. The van der Waals surface area contributed by atoms with Crippen LogP contribution in [0.4, 0.5) is 4.39 Å². The lowest BCUT2D eigenvalue weighted by molar-refractivity contribution is -0.127. The monoisotopic (exact) mass is 329 g/mol. The molecule has 3 nitrogen and oxygen atoms in total. The van der Waals surface area contributed by atoms with Crippen molar-refractivity contribution in [3.05, 3.63) is 64.5 Å². The first kappa shape index (κ1) is 18.0. The number of nitrogens with one attached hydrogen (secondary N) is 1. The predicted molar refractivity (Wildman–Crippen MR) is 93.7 cm³/mol. The van der Waals surface area contributed by atoms with E-state index in [9.17, 15) is 9.18 Å². The molecule has 2 aromatic carbocycles. The first-order valence-electron chi connectivity index (χ1n) is 8.08. The van der Waals surface area contributed by atoms with Crippen molar-refractivity contribution in [2.24, 2.45) is 0 Å². The Bertz CT molecular complexity index is 725. The summed E-state index contributed by atoms with van der Waals surface area (Å²) < 4.78 is 18.5. The fraction of sp³-hybridized carbons (Fsp3) is 0.350. The minimum atomic E-state index is -0.662. The Morgan fingerprint density at radius 3 is 2.21 bits per heavy atom. The molecule has 24 heavy (non-hydrogen) atoms. The van der Waals surface area contributed by atoms with Crippen molar-refractivity contribution in [1.29, 1.82) is 0 Å². The third-order valence-electron chi connectivity index (χ3n) is 4.20. The van der Waals surface area contributed by atoms with Crippen molar-refractivity contribution >= 4 is 5.91 Å². The van der Waals surface area contributed by atoms with Gasteiger partial charge in [0.05, 0.1) is 6.04 Å². The molecule has 2 rings (SSSR count). The number of hydrogen-bond donors (Lipinski definition) is 1. The molecule has 2 aromatic rings. The maximum Gasteiger partial charge on any atom is 0.261 e. The summed E-state index contributed by atoms with van der Waals surface area (Å²) in [5.74, 6) is -0.0724. The molecule has 0 saturated carbocycles. The van der Waals surface area contributed by atoms with Gasteiger partial charge < -0.3 is 10.1 Å². The fourth-order valence-electron chi connectivity index (χ4n) is 2.63. The lowest BCUT2D eigenvalue weighted by atomic mass is 9.96. The molecule has 128 valence electrons. The Hall–Kier alpha value is -2.36. The van der Waals surface area contributed by atoms with E-state index in [1.165, 1.54) is 35.4 Å². The first-order valence-corrected chi connectivity index (χ1v) is 8.08. The van der Waals surface area contributed by atoms with Crippen LogP contribution in [0.15, 0.2) is 36.4 Å². The highest BCUT2D eigenvalue weighted by atomic mass is 19.1. The molecule has 0 bridgehead atoms. The molecule has 1 N–H and O–H groups in total. The summed E-state index contributed by atoms with van der Waals surface area (Å²) in [5.41, 5.74) is 4.69. The minimum Gasteiger partial charge on any atom is -0.481 e. The van der Waals surface area contributed by atoms with Gasteiger partial charge in [0.1, 0.15) is 11.6 Å². The van der Waals surface area contributed by atoms with Crippen LogP contribution in [0.2, 0.25) is 0 Å². The lowest BCUT2D eigenvalue weighted by Gasteiger charge is -2.21. The van der Waals surface area contributed by atoms with Crippen LogP contribution in [-0.4, -0.2) is 12.0 Å². The minimum absolute atomic E-state index is 0.115. The van der Waals surface area contributed by atoms with Crippen molar-refractivity contribution in [1.82, 2.24) is 5.32 Å². The average molecular weight is 329 g/mol. The highest BCUT2D eigenvalue weighted by molar-refractivity contribution is 5.81. The van der Waals surface area contributed by atoms with Crippen LogP contribution in [-0.2, 0) is 4.79 Å². The highest BCUT2D eigenvalue weighted by Crippen LogP contribution is 2.22. The summed E-state index contributed by atoms with van der Waals surface area (Å²) in [7, 11) is 0. The molecule has 1 amide bonds. The van der Waals surface area contributed by atoms with E-state index in [0.717, 1.165) is 11.1 Å². The van der Waals surface area contributed by atoms with E-state index in [1.807, 2.05) is 13.8 Å². The van der Waals surface area contributed by atoms with E-state index < -0.39 is 6.10 Å². The zero-order chi connectivity index (χ0) is 17.9. The zero-order valence-corrected chi connectivity index (χ0v) is 14.8. The predicted octanol–water partition coefficient (Wildman–Crippen LogP) is 4.40. The molecule has 0 spiro atoms. The smallest absolute Gasteiger partial charge is 0.261 e. The Labute approximate surface area is 142 Å². The van der Waals surface area contributed by atoms with Gasteiger partial charge in [-0.25, -0.2) is 4.39 Å². The van der Waals surface area contributed by atoms with Gasteiger partial charge in [-0.2, -0.15) is 0 Å². The van der Waals surface area contributed by atoms with Gasteiger partial charge in [-0.05, 0) is 81.1 Å². The molecular weight excluding hydrogens is 305 g/mol. The van der Waals surface area contributed by atoms with E-state index >= 15 is 0 Å². The van der Waals surface area contributed by atoms with Crippen LogP contribution in [0, 0.1) is 26.6 Å². The normalized spacial score (nSPS) is 13.2. The number of amides is 1. The molecule has 0 aliphatic heterocycles. The number of halogens is 1. The maximum absolute atomic E-state index is 12.9. The van der Waals surface area contributed by atoms with Gasteiger partial charge in [0, 0.05) is 0 Å². The third kappa shape index (κ3) is 4.34. The van der Waals surface area contributed by atoms with Crippen molar-refractivity contribution in [3.8, 4) is 5.75 Å². The highest BCUT2D eigenvalue weighted by Gasteiger charge is 2.19. The molecule has 0 aliphatic rings. The summed E-state index contributed by atoms with van der Waals surface area (Å²) in [6.07, 6.45) is -0.662. The summed E-state index contributed by atoms with van der Waals surface area (Å²) in [6.45, 7) is 9.82. The van der Waals surface area contributed by atoms with Gasteiger partial charge in [0.15, 0.2) is 6.10 Å². The second-order valence-corrected chi connectivity index (χ2v) is 6.24. The molecule has 0 radical (unpaired) electrons. The SMILES string of the molecule is Cc1cc(C)c(C(C)NC(=O)C(C)Oc2ccc(F)cc2)cc1C. The van der Waals surface area contributed by atoms with Gasteiger partial charge in [-0.1, -0.05) is 12.1 Å². The molecular formula is C20H24FNO2. The standard InChI is InChI=1S/C20H24FNO2/c1-12-10-14(3)19(11-13(12)2)15(4)22-20(23)16(5)24-18-8-6-17(21)7-9-18/h6-11,15-16H,1-5H3,(H,22,23). The fourth-order valence-corrected chi connectivity index (χ4v) is 2.63. The zero-order valence-electron chi connectivity index (χ0n) is 14.8. The van der Waals surface area contributed by atoms with Crippen LogP contribution in [0.5, 0.6) is 5.75 Å². The van der Waals surface area contributed by atoms with E-state index in [4.69, 9.17) is 4.74 Å². The number of rotatable bonds is 5. The second kappa shape index (κ2) is 7.47. The van der Waals surface area contributed by atoms with Crippen LogP contribution in [0.25, 0.3) is 0 Å². The van der Waals surface area contributed by atoms with E-state index in [0.29, 0.717) is 5.75 Å². The molecule has 0 aromatic heterocycles. The topological polar surface area (TPSA) is 38.3 Å². The number of carbonyl (C=O) groups is 1. The quantitative estimate of drug-likeness (QED) is 0.883. The van der Waals surface area contributed by atoms with Gasteiger partial charge in [0.25, 0.3) is 5.91 Å². The van der Waals surface area contributed by atoms with Gasteiger partial charge in [-0.15, -0.1) is 0 Å². The number of hydrogen-bond acceptors (Lipinski definition) is 2. The Balaban J connectivity index is 2.03. The summed E-state index contributed by atoms with van der Waals surface area (Å²) >= 11 is 0. The third-order valence-corrected chi connectivity index (χ3v) is 4.20. The van der Waals surface area contributed by atoms with E-state index in [2.05, 4.69) is 31.3 Å². The lowest BCUT2D eigenvalue weighted by Crippen LogP contribution is -2.38. The number of benzene rings is 2. The van der Waals surface area contributed by atoms with Gasteiger partial charge >= 0.3 is 0 Å². The maximum atomic E-state index is 12.9. The van der Waals surface area contributed by atoms with Crippen LogP contribution in [0.1, 0.15) is 42.1 Å². The van der Waals surface area contributed by atoms with Crippen molar-refractivity contribution in [2.45, 2.75) is 46.8 Å². The molecule has 4 heteroatoms. The van der Waals surface area contributed by atoms with E-state index in [1.54, 1.807) is 6.92 Å². The van der Waals surface area contributed by atoms with Crippen LogP contribution >= 0.6 is 0 Å². The Kier molecular flexibility index (Phi) is 5.60. The summed E-state index contributed by atoms with van der Waals surface area (Å²) in [6, 6.07) is 9.76. The molecule has 0 aliphatic carbocycles. The summed E-state index contributed by atoms with van der Waals surface area (Å²) in [4.78, 5) is 12.4. The second-order valence-electron chi connectivity index (χ2n) is 6.24. The van der Waals surface area contributed by atoms with Crippen LogP contribution in [0.3, 0.4) is 0 Å². The van der Waals surface area contributed by atoms with Crippen LogP contribution < -0.4 is 10.1 Å². The molecule has 0 fully saturated rings.